The van der Waals surface area contributed by atoms with E-state index in [1.54, 1.807) is 0 Å². The molecule has 1 rings (SSSR count). The van der Waals surface area contributed by atoms with Crippen LogP contribution < -0.4 is 5.32 Å². The number of esters is 1. The summed E-state index contributed by atoms with van der Waals surface area (Å²) in [6.07, 6.45) is 6.29. The van der Waals surface area contributed by atoms with Crippen molar-refractivity contribution in [3.8, 4) is 0 Å². The van der Waals surface area contributed by atoms with E-state index in [9.17, 15) is 4.79 Å². The summed E-state index contributed by atoms with van der Waals surface area (Å²) in [5, 5.41) is 3.47. The second-order valence-corrected chi connectivity index (χ2v) is 6.99. The maximum Gasteiger partial charge on any atom is 0.326 e. The summed E-state index contributed by atoms with van der Waals surface area (Å²) in [7, 11) is 1.50. The van der Waals surface area contributed by atoms with Gasteiger partial charge in [0.25, 0.3) is 0 Å². The molecule has 3 nitrogen and oxygen atoms in total. The molecule has 19 heavy (non-hydrogen) atoms. The van der Waals surface area contributed by atoms with Crippen LogP contribution >= 0.6 is 0 Å². The normalized spacial score (nSPS) is 28.8. The summed E-state index contributed by atoms with van der Waals surface area (Å²) in [6.45, 7) is 9.94. The fourth-order valence-electron chi connectivity index (χ4n) is 3.22. The van der Waals surface area contributed by atoms with E-state index in [1.807, 2.05) is 0 Å². The van der Waals surface area contributed by atoms with Gasteiger partial charge in [-0.05, 0) is 50.0 Å². The largest absolute Gasteiger partial charge is 0.468 e. The van der Waals surface area contributed by atoms with Gasteiger partial charge in [-0.15, -0.1) is 0 Å². The van der Waals surface area contributed by atoms with E-state index in [2.05, 4.69) is 33.0 Å². The molecule has 0 radical (unpaired) electrons. The summed E-state index contributed by atoms with van der Waals surface area (Å²) in [6, 6.07) is 0. The number of ether oxygens (including phenoxy) is 1. The van der Waals surface area contributed by atoms with Crippen LogP contribution in [0.25, 0.3) is 0 Å². The van der Waals surface area contributed by atoms with Crippen LogP contribution in [0, 0.1) is 11.3 Å². The molecule has 2 unspecified atom stereocenters. The van der Waals surface area contributed by atoms with Gasteiger partial charge in [0.05, 0.1) is 7.11 Å². The van der Waals surface area contributed by atoms with Crippen molar-refractivity contribution < 1.29 is 9.53 Å². The summed E-state index contributed by atoms with van der Waals surface area (Å²) >= 11 is 0. The first-order valence-electron chi connectivity index (χ1n) is 7.69. The second-order valence-electron chi connectivity index (χ2n) is 6.99. The number of methoxy groups -OCH3 is 1. The molecule has 0 spiro atoms. The number of rotatable bonds is 4. The molecule has 0 bridgehead atoms. The molecule has 1 fully saturated rings. The lowest BCUT2D eigenvalue weighted by atomic mass is 9.76. The van der Waals surface area contributed by atoms with Gasteiger partial charge in [-0.1, -0.05) is 34.1 Å². The van der Waals surface area contributed by atoms with Crippen molar-refractivity contribution in [1.29, 1.82) is 0 Å². The Balaban J connectivity index is 2.80. The van der Waals surface area contributed by atoms with Crippen LogP contribution in [0.15, 0.2) is 0 Å². The van der Waals surface area contributed by atoms with Crippen molar-refractivity contribution in [2.75, 3.05) is 13.7 Å². The Morgan fingerprint density at radius 2 is 2.00 bits per heavy atom. The SMILES string of the molecule is CCCNC1(C(=O)OC)CCCC(C(C)(C)C)CC1. The Hall–Kier alpha value is -0.570. The third-order valence-electron chi connectivity index (χ3n) is 4.59. The highest BCUT2D eigenvalue weighted by Crippen LogP contribution is 2.40. The number of carbonyl (C=O) groups excluding carboxylic acids is 1. The monoisotopic (exact) mass is 269 g/mol. The highest BCUT2D eigenvalue weighted by atomic mass is 16.5. The predicted molar refractivity (Wildman–Crippen MR) is 79.1 cm³/mol. The molecular weight excluding hydrogens is 238 g/mol. The molecule has 1 aliphatic carbocycles. The topological polar surface area (TPSA) is 38.3 Å². The maximum absolute atomic E-state index is 12.2. The van der Waals surface area contributed by atoms with E-state index >= 15 is 0 Å². The fraction of sp³-hybridized carbons (Fsp3) is 0.938. The van der Waals surface area contributed by atoms with Gasteiger partial charge in [-0.2, -0.15) is 0 Å². The third-order valence-corrected chi connectivity index (χ3v) is 4.59. The van der Waals surface area contributed by atoms with Crippen LogP contribution in [0.5, 0.6) is 0 Å². The maximum atomic E-state index is 12.2. The van der Waals surface area contributed by atoms with E-state index in [1.165, 1.54) is 13.5 Å². The number of carbonyl (C=O) groups is 1. The Kier molecular flexibility index (Phi) is 5.84. The zero-order valence-electron chi connectivity index (χ0n) is 13.3. The Bertz CT molecular complexity index is 296. The molecule has 0 aliphatic heterocycles. The number of hydrogen-bond acceptors (Lipinski definition) is 3. The van der Waals surface area contributed by atoms with Crippen LogP contribution in [0.2, 0.25) is 0 Å². The summed E-state index contributed by atoms with van der Waals surface area (Å²) in [4.78, 5) is 12.2. The minimum atomic E-state index is -0.440. The summed E-state index contributed by atoms with van der Waals surface area (Å²) < 4.78 is 5.07. The van der Waals surface area contributed by atoms with Crippen molar-refractivity contribution >= 4 is 5.97 Å². The highest BCUT2D eigenvalue weighted by Gasteiger charge is 2.42. The van der Waals surface area contributed by atoms with Gasteiger partial charge in [-0.3, -0.25) is 4.79 Å². The first-order valence-corrected chi connectivity index (χ1v) is 7.69. The molecule has 2 atom stereocenters. The first kappa shape index (κ1) is 16.5. The van der Waals surface area contributed by atoms with Crippen LogP contribution in [0.4, 0.5) is 0 Å². The lowest BCUT2D eigenvalue weighted by Crippen LogP contribution is -2.52. The minimum Gasteiger partial charge on any atom is -0.468 e. The molecule has 0 aromatic rings. The highest BCUT2D eigenvalue weighted by molar-refractivity contribution is 5.80. The lowest BCUT2D eigenvalue weighted by Gasteiger charge is -2.32. The van der Waals surface area contributed by atoms with Crippen molar-refractivity contribution in [1.82, 2.24) is 5.32 Å². The molecular formula is C16H31NO2. The summed E-state index contributed by atoms with van der Waals surface area (Å²) in [5.41, 5.74) is -0.109. The molecule has 3 heteroatoms. The van der Waals surface area contributed by atoms with Crippen LogP contribution in [-0.4, -0.2) is 25.2 Å². The van der Waals surface area contributed by atoms with Crippen molar-refractivity contribution in [3.05, 3.63) is 0 Å². The zero-order valence-corrected chi connectivity index (χ0v) is 13.3. The third kappa shape index (κ3) is 4.20. The van der Waals surface area contributed by atoms with Crippen molar-refractivity contribution in [2.45, 2.75) is 71.8 Å². The van der Waals surface area contributed by atoms with E-state index in [-0.39, 0.29) is 5.97 Å². The number of nitrogens with one attached hydrogen (secondary N) is 1. The van der Waals surface area contributed by atoms with Crippen LogP contribution in [0.3, 0.4) is 0 Å². The van der Waals surface area contributed by atoms with Gasteiger partial charge in [0.15, 0.2) is 0 Å². The zero-order chi connectivity index (χ0) is 14.5. The average molecular weight is 269 g/mol. The molecule has 0 aromatic heterocycles. The minimum absolute atomic E-state index is 0.0736. The fourth-order valence-corrected chi connectivity index (χ4v) is 3.22. The molecule has 0 amide bonds. The van der Waals surface area contributed by atoms with Crippen LogP contribution in [0.1, 0.15) is 66.2 Å². The van der Waals surface area contributed by atoms with Gasteiger partial charge in [0.2, 0.25) is 0 Å². The van der Waals surface area contributed by atoms with Gasteiger partial charge in [0, 0.05) is 0 Å². The van der Waals surface area contributed by atoms with Gasteiger partial charge < -0.3 is 10.1 Å². The van der Waals surface area contributed by atoms with E-state index in [0.29, 0.717) is 11.3 Å². The van der Waals surface area contributed by atoms with Gasteiger partial charge in [0.1, 0.15) is 5.54 Å². The smallest absolute Gasteiger partial charge is 0.326 e. The van der Waals surface area contributed by atoms with E-state index < -0.39 is 5.54 Å². The molecule has 1 saturated carbocycles. The Morgan fingerprint density at radius 3 is 2.53 bits per heavy atom. The van der Waals surface area contributed by atoms with E-state index in [4.69, 9.17) is 4.74 Å². The van der Waals surface area contributed by atoms with Gasteiger partial charge >= 0.3 is 5.97 Å². The first-order chi connectivity index (χ1) is 8.85. The predicted octanol–water partition coefficient (Wildman–Crippen LogP) is 3.52. The molecule has 0 heterocycles. The molecule has 0 aromatic carbocycles. The quantitative estimate of drug-likeness (QED) is 0.627. The molecule has 1 aliphatic rings. The molecule has 112 valence electrons. The Labute approximate surface area is 118 Å². The molecule has 0 saturated heterocycles. The standard InChI is InChI=1S/C16H31NO2/c1-6-12-17-16(14(18)19-5)10-7-8-13(9-11-16)15(2,3)4/h13,17H,6-12H2,1-5H3. The second kappa shape index (κ2) is 6.74. The molecule has 1 N–H and O–H groups in total. The summed E-state index contributed by atoms with van der Waals surface area (Å²) in [5.74, 6) is 0.623. The van der Waals surface area contributed by atoms with Gasteiger partial charge in [-0.25, -0.2) is 0 Å². The lowest BCUT2D eigenvalue weighted by molar-refractivity contribution is -0.149. The van der Waals surface area contributed by atoms with Crippen molar-refractivity contribution in [3.63, 3.8) is 0 Å². The van der Waals surface area contributed by atoms with E-state index in [0.717, 1.165) is 38.6 Å². The number of hydrogen-bond donors (Lipinski definition) is 1. The van der Waals surface area contributed by atoms with Crippen molar-refractivity contribution in [2.24, 2.45) is 11.3 Å². The Morgan fingerprint density at radius 1 is 1.32 bits per heavy atom. The average Bonchev–Trinajstić information content (AvgIpc) is 2.58. The van der Waals surface area contributed by atoms with Crippen LogP contribution in [-0.2, 0) is 9.53 Å².